The van der Waals surface area contributed by atoms with Gasteiger partial charge in [-0.2, -0.15) is 0 Å². The van der Waals surface area contributed by atoms with E-state index in [-0.39, 0.29) is 24.3 Å². The van der Waals surface area contributed by atoms with Crippen LogP contribution in [0.15, 0.2) is 82.8 Å². The van der Waals surface area contributed by atoms with Crippen LogP contribution >= 0.6 is 12.4 Å². The van der Waals surface area contributed by atoms with E-state index in [4.69, 9.17) is 0 Å². The van der Waals surface area contributed by atoms with Gasteiger partial charge in [0.15, 0.2) is 0 Å². The van der Waals surface area contributed by atoms with Crippen LogP contribution in [0.3, 0.4) is 0 Å². The Hall–Kier alpha value is -4.37. The average molecular weight is 504 g/mol. The zero-order valence-electron chi connectivity index (χ0n) is 19.4. The number of halogens is 1. The standard InChI is InChI=1S/C26H25N7O2.ClH/c34-25(31-22-3-1-2-19(16-22)24-29-14-15-30-24)18-6-10-21(11-7-18)33-26(35)32-20-8-4-17(5-9-20)23-27-12-13-28-23;/h1-11,16H,12-15H2,(H,27,28)(H,29,30)(H,31,34)(H2,32,33,35);1H. The molecule has 36 heavy (non-hydrogen) atoms. The minimum absolute atomic E-state index is 0. The van der Waals surface area contributed by atoms with Crippen LogP contribution < -0.4 is 26.6 Å². The van der Waals surface area contributed by atoms with Crippen molar-refractivity contribution in [1.82, 2.24) is 10.6 Å². The molecule has 0 fully saturated rings. The number of hydrogen-bond donors (Lipinski definition) is 5. The monoisotopic (exact) mass is 503 g/mol. The van der Waals surface area contributed by atoms with E-state index in [0.29, 0.717) is 22.6 Å². The lowest BCUT2D eigenvalue weighted by molar-refractivity contribution is 0.102. The van der Waals surface area contributed by atoms with Gasteiger partial charge in [-0.1, -0.05) is 12.1 Å². The smallest absolute Gasteiger partial charge is 0.323 e. The molecule has 0 saturated carbocycles. The van der Waals surface area contributed by atoms with Gasteiger partial charge in [0, 0.05) is 46.8 Å². The van der Waals surface area contributed by atoms with Gasteiger partial charge in [-0.3, -0.25) is 14.8 Å². The first-order valence-electron chi connectivity index (χ1n) is 11.4. The summed E-state index contributed by atoms with van der Waals surface area (Å²) in [5.41, 5.74) is 4.33. The van der Waals surface area contributed by atoms with Crippen LogP contribution in [-0.2, 0) is 0 Å². The van der Waals surface area contributed by atoms with Gasteiger partial charge in [-0.25, -0.2) is 4.79 Å². The van der Waals surface area contributed by atoms with Crippen molar-refractivity contribution in [2.75, 3.05) is 42.1 Å². The number of hydrogen-bond acceptors (Lipinski definition) is 6. The van der Waals surface area contributed by atoms with E-state index >= 15 is 0 Å². The normalized spacial score (nSPS) is 13.9. The molecule has 0 spiro atoms. The molecule has 5 rings (SSSR count). The van der Waals surface area contributed by atoms with Gasteiger partial charge >= 0.3 is 6.03 Å². The Balaban J connectivity index is 0.00000304. The molecule has 5 N–H and O–H groups in total. The minimum Gasteiger partial charge on any atom is -0.368 e. The van der Waals surface area contributed by atoms with Crippen molar-refractivity contribution in [3.63, 3.8) is 0 Å². The molecule has 9 nitrogen and oxygen atoms in total. The van der Waals surface area contributed by atoms with Gasteiger partial charge in [0.25, 0.3) is 5.91 Å². The molecule has 2 aliphatic rings. The van der Waals surface area contributed by atoms with Crippen LogP contribution in [0.2, 0.25) is 0 Å². The fourth-order valence-corrected chi connectivity index (χ4v) is 3.84. The number of amidine groups is 2. The fraction of sp³-hybridized carbons (Fsp3) is 0.154. The number of aliphatic imine (C=N–C) groups is 2. The molecule has 10 heteroatoms. The number of urea groups is 1. The number of benzene rings is 3. The molecule has 3 aromatic rings. The van der Waals surface area contributed by atoms with Gasteiger partial charge in [0.1, 0.15) is 11.7 Å². The number of amides is 3. The number of carbonyl (C=O) groups is 2. The third-order valence-electron chi connectivity index (χ3n) is 5.56. The zero-order chi connectivity index (χ0) is 24.0. The summed E-state index contributed by atoms with van der Waals surface area (Å²) in [6.45, 7) is 3.20. The SMILES string of the molecule is Cl.O=C(Nc1ccc(C(=O)Nc2cccc(C3=NCCN3)c2)cc1)Nc1ccc(C2=NCCN2)cc1. The highest BCUT2D eigenvalue weighted by Gasteiger charge is 2.12. The van der Waals surface area contributed by atoms with Gasteiger partial charge in [-0.05, 0) is 60.7 Å². The summed E-state index contributed by atoms with van der Waals surface area (Å²) in [5.74, 6) is 1.48. The molecule has 0 aliphatic carbocycles. The predicted octanol–water partition coefficient (Wildman–Crippen LogP) is 3.70. The van der Waals surface area contributed by atoms with E-state index in [1.165, 1.54) is 0 Å². The summed E-state index contributed by atoms with van der Waals surface area (Å²) in [4.78, 5) is 33.8. The maximum absolute atomic E-state index is 12.7. The molecular weight excluding hydrogens is 478 g/mol. The van der Waals surface area contributed by atoms with Crippen LogP contribution in [0.1, 0.15) is 21.5 Å². The van der Waals surface area contributed by atoms with Crippen molar-refractivity contribution in [3.05, 3.63) is 89.5 Å². The lowest BCUT2D eigenvalue weighted by atomic mass is 10.1. The van der Waals surface area contributed by atoms with Crippen LogP contribution in [-0.4, -0.2) is 49.8 Å². The van der Waals surface area contributed by atoms with Gasteiger partial charge in [0.05, 0.1) is 13.1 Å². The highest BCUT2D eigenvalue weighted by molar-refractivity contribution is 6.06. The summed E-state index contributed by atoms with van der Waals surface area (Å²) >= 11 is 0. The Morgan fingerprint density at radius 3 is 1.83 bits per heavy atom. The maximum Gasteiger partial charge on any atom is 0.323 e. The second kappa shape index (κ2) is 11.4. The first-order chi connectivity index (χ1) is 17.1. The number of rotatable bonds is 6. The molecule has 184 valence electrons. The minimum atomic E-state index is -0.369. The Labute approximate surface area is 214 Å². The third kappa shape index (κ3) is 6.00. The Kier molecular flexibility index (Phi) is 7.82. The van der Waals surface area contributed by atoms with Crippen LogP contribution in [0, 0.1) is 0 Å². The first-order valence-corrected chi connectivity index (χ1v) is 11.4. The Morgan fingerprint density at radius 1 is 0.667 bits per heavy atom. The zero-order valence-corrected chi connectivity index (χ0v) is 20.2. The van der Waals surface area contributed by atoms with Gasteiger partial charge in [0.2, 0.25) is 0 Å². The second-order valence-electron chi connectivity index (χ2n) is 8.08. The molecule has 2 aliphatic heterocycles. The summed E-state index contributed by atoms with van der Waals surface area (Å²) in [6, 6.07) is 21.4. The van der Waals surface area contributed by atoms with Crippen molar-refractivity contribution >= 4 is 53.1 Å². The molecule has 3 amide bonds. The van der Waals surface area contributed by atoms with Crippen molar-refractivity contribution in [1.29, 1.82) is 0 Å². The van der Waals surface area contributed by atoms with E-state index in [1.807, 2.05) is 48.5 Å². The molecule has 3 aromatic carbocycles. The fourth-order valence-electron chi connectivity index (χ4n) is 3.84. The van der Waals surface area contributed by atoms with E-state index in [2.05, 4.69) is 36.6 Å². The van der Waals surface area contributed by atoms with Crippen LogP contribution in [0.5, 0.6) is 0 Å². The number of anilines is 3. The molecule has 2 heterocycles. The largest absolute Gasteiger partial charge is 0.368 e. The summed E-state index contributed by atoms with van der Waals surface area (Å²) < 4.78 is 0. The first kappa shape index (κ1) is 24.7. The van der Waals surface area contributed by atoms with Gasteiger partial charge in [-0.15, -0.1) is 12.4 Å². The predicted molar refractivity (Wildman–Crippen MR) is 146 cm³/mol. The second-order valence-corrected chi connectivity index (χ2v) is 8.08. The summed E-state index contributed by atoms with van der Waals surface area (Å²) in [5, 5.41) is 14.9. The third-order valence-corrected chi connectivity index (χ3v) is 5.56. The van der Waals surface area contributed by atoms with E-state index in [0.717, 1.165) is 49.0 Å². The highest BCUT2D eigenvalue weighted by atomic mass is 35.5. The maximum atomic E-state index is 12.7. The molecule has 0 unspecified atom stereocenters. The Morgan fingerprint density at radius 2 is 1.25 bits per heavy atom. The van der Waals surface area contributed by atoms with Gasteiger partial charge < -0.3 is 26.6 Å². The van der Waals surface area contributed by atoms with Crippen molar-refractivity contribution in [2.24, 2.45) is 9.98 Å². The lowest BCUT2D eigenvalue weighted by Gasteiger charge is -2.10. The average Bonchev–Trinajstić information content (AvgIpc) is 3.60. The highest BCUT2D eigenvalue weighted by Crippen LogP contribution is 2.16. The van der Waals surface area contributed by atoms with E-state index < -0.39 is 0 Å². The van der Waals surface area contributed by atoms with Crippen LogP contribution in [0.4, 0.5) is 21.9 Å². The molecule has 0 saturated heterocycles. The topological polar surface area (TPSA) is 119 Å². The molecule has 0 atom stereocenters. The molecule has 0 bridgehead atoms. The van der Waals surface area contributed by atoms with E-state index in [1.54, 1.807) is 24.3 Å². The number of nitrogens with zero attached hydrogens (tertiary/aromatic N) is 2. The molecule has 0 radical (unpaired) electrons. The molecule has 0 aromatic heterocycles. The van der Waals surface area contributed by atoms with Crippen LogP contribution in [0.25, 0.3) is 0 Å². The summed E-state index contributed by atoms with van der Waals surface area (Å²) in [7, 11) is 0. The van der Waals surface area contributed by atoms with Crippen molar-refractivity contribution in [2.45, 2.75) is 0 Å². The Bertz CT molecular complexity index is 1300. The molecular formula is C26H26ClN7O2. The lowest BCUT2D eigenvalue weighted by Crippen LogP contribution is -2.21. The van der Waals surface area contributed by atoms with Crippen molar-refractivity contribution < 1.29 is 9.59 Å². The number of carbonyl (C=O) groups excluding carboxylic acids is 2. The van der Waals surface area contributed by atoms with E-state index in [9.17, 15) is 9.59 Å². The van der Waals surface area contributed by atoms with Crippen molar-refractivity contribution in [3.8, 4) is 0 Å². The number of nitrogens with one attached hydrogen (secondary N) is 5. The summed E-state index contributed by atoms with van der Waals surface area (Å²) in [6.07, 6.45) is 0. The quantitative estimate of drug-likeness (QED) is 0.352.